The van der Waals surface area contributed by atoms with Gasteiger partial charge in [-0.05, 0) is 38.4 Å². The zero-order valence-corrected chi connectivity index (χ0v) is 16.4. The maximum Gasteiger partial charge on any atom is 0.193 e. The normalized spacial score (nSPS) is 24.3. The zero-order chi connectivity index (χ0) is 13.8. The fraction of sp³-hybridized carbons (Fsp3) is 0.929. The van der Waals surface area contributed by atoms with Crippen molar-refractivity contribution in [3.05, 3.63) is 0 Å². The van der Waals surface area contributed by atoms with E-state index in [1.807, 2.05) is 18.8 Å². The van der Waals surface area contributed by atoms with Gasteiger partial charge in [-0.2, -0.15) is 11.8 Å². The predicted molar refractivity (Wildman–Crippen MR) is 99.0 cm³/mol. The second kappa shape index (κ2) is 7.96. The van der Waals surface area contributed by atoms with Crippen molar-refractivity contribution < 1.29 is 0 Å². The molecule has 1 aliphatic rings. The van der Waals surface area contributed by atoms with Crippen LogP contribution in [0.25, 0.3) is 0 Å². The summed E-state index contributed by atoms with van der Waals surface area (Å²) in [6, 6.07) is 0. The average Bonchev–Trinajstić information content (AvgIpc) is 2.74. The van der Waals surface area contributed by atoms with Crippen LogP contribution in [0.4, 0.5) is 0 Å². The second-order valence-corrected chi connectivity index (χ2v) is 7.71. The van der Waals surface area contributed by atoms with Crippen LogP contribution >= 0.6 is 35.7 Å². The molecule has 0 bridgehead atoms. The van der Waals surface area contributed by atoms with Crippen LogP contribution in [0, 0.1) is 5.41 Å². The molecule has 0 spiro atoms. The molecule has 0 aromatic heterocycles. The molecule has 1 heterocycles. The molecular weight excluding hydrogens is 369 g/mol. The molecule has 0 aliphatic carbocycles. The van der Waals surface area contributed by atoms with Gasteiger partial charge >= 0.3 is 0 Å². The molecule has 1 aliphatic heterocycles. The van der Waals surface area contributed by atoms with Crippen molar-refractivity contribution in [2.75, 3.05) is 32.9 Å². The van der Waals surface area contributed by atoms with Crippen LogP contribution in [0.2, 0.25) is 0 Å². The van der Waals surface area contributed by atoms with E-state index in [0.29, 0.717) is 5.41 Å². The van der Waals surface area contributed by atoms with Crippen molar-refractivity contribution in [2.24, 2.45) is 10.4 Å². The zero-order valence-electron chi connectivity index (χ0n) is 13.2. The first-order valence-electron chi connectivity index (χ1n) is 6.86. The maximum absolute atomic E-state index is 4.43. The predicted octanol–water partition coefficient (Wildman–Crippen LogP) is 3.44. The Kier molecular flexibility index (Phi) is 8.10. The Bertz CT molecular complexity index is 307. The molecule has 1 rings (SSSR count). The van der Waals surface area contributed by atoms with Gasteiger partial charge in [0, 0.05) is 31.4 Å². The van der Waals surface area contributed by atoms with Crippen molar-refractivity contribution >= 4 is 41.7 Å². The van der Waals surface area contributed by atoms with Crippen molar-refractivity contribution in [2.45, 2.75) is 45.3 Å². The van der Waals surface area contributed by atoms with Crippen LogP contribution in [-0.4, -0.2) is 48.5 Å². The molecule has 0 radical (unpaired) electrons. The highest BCUT2D eigenvalue weighted by Crippen LogP contribution is 2.33. The van der Waals surface area contributed by atoms with Gasteiger partial charge in [-0.15, -0.1) is 24.0 Å². The number of hydrogen-bond donors (Lipinski definition) is 1. The lowest BCUT2D eigenvalue weighted by atomic mass is 9.87. The number of guanidine groups is 1. The van der Waals surface area contributed by atoms with Gasteiger partial charge in [0.25, 0.3) is 0 Å². The summed E-state index contributed by atoms with van der Waals surface area (Å²) in [5.74, 6) is 1.06. The number of thioether (sulfide) groups is 1. The first-order valence-corrected chi connectivity index (χ1v) is 8.09. The summed E-state index contributed by atoms with van der Waals surface area (Å²) < 4.78 is 0.254. The Morgan fingerprint density at radius 1 is 1.47 bits per heavy atom. The Morgan fingerprint density at radius 3 is 2.53 bits per heavy atom. The van der Waals surface area contributed by atoms with Crippen LogP contribution < -0.4 is 5.32 Å². The fourth-order valence-electron chi connectivity index (χ4n) is 2.19. The number of halogens is 1. The van der Waals surface area contributed by atoms with Gasteiger partial charge in [0.15, 0.2) is 5.96 Å². The summed E-state index contributed by atoms with van der Waals surface area (Å²) in [5, 5.41) is 3.52. The minimum atomic E-state index is 0. The second-order valence-electron chi connectivity index (χ2n) is 6.20. The Balaban J connectivity index is 0.00000324. The first kappa shape index (κ1) is 19.4. The third-order valence-electron chi connectivity index (χ3n) is 4.15. The van der Waals surface area contributed by atoms with Gasteiger partial charge in [-0.3, -0.25) is 4.99 Å². The average molecular weight is 399 g/mol. The van der Waals surface area contributed by atoms with E-state index in [1.165, 1.54) is 12.8 Å². The van der Waals surface area contributed by atoms with Crippen LogP contribution in [0.1, 0.15) is 40.5 Å². The summed E-state index contributed by atoms with van der Waals surface area (Å²) in [4.78, 5) is 6.83. The van der Waals surface area contributed by atoms with Crippen LogP contribution in [0.5, 0.6) is 0 Å². The van der Waals surface area contributed by atoms with E-state index < -0.39 is 0 Å². The van der Waals surface area contributed by atoms with E-state index in [4.69, 9.17) is 0 Å². The molecule has 0 aromatic carbocycles. The maximum atomic E-state index is 4.43. The lowest BCUT2D eigenvalue weighted by molar-refractivity contribution is 0.322. The van der Waals surface area contributed by atoms with E-state index >= 15 is 0 Å². The standard InChI is InChI=1S/C14H29N3S.HI/c1-7-14(4)8-9-17(11-14)12(15-5)16-10-13(2,3)18-6;/h7-11H2,1-6H3,(H,15,16);1H. The fourth-order valence-corrected chi connectivity index (χ4v) is 2.41. The minimum Gasteiger partial charge on any atom is -0.355 e. The number of aliphatic imine (C=N–C) groups is 1. The number of nitrogens with zero attached hydrogens (tertiary/aromatic N) is 2. The molecule has 114 valence electrons. The smallest absolute Gasteiger partial charge is 0.193 e. The quantitative estimate of drug-likeness (QED) is 0.446. The van der Waals surface area contributed by atoms with E-state index in [9.17, 15) is 0 Å². The van der Waals surface area contributed by atoms with Crippen molar-refractivity contribution in [3.8, 4) is 0 Å². The van der Waals surface area contributed by atoms with Gasteiger partial charge in [0.05, 0.1) is 0 Å². The highest BCUT2D eigenvalue weighted by molar-refractivity contribution is 14.0. The van der Waals surface area contributed by atoms with Crippen LogP contribution in [-0.2, 0) is 0 Å². The molecular formula is C14H30IN3S. The molecule has 3 nitrogen and oxygen atoms in total. The third-order valence-corrected chi connectivity index (χ3v) is 5.40. The van der Waals surface area contributed by atoms with Gasteiger partial charge in [-0.25, -0.2) is 0 Å². The molecule has 5 heteroatoms. The Hall–Kier alpha value is 0.350. The molecule has 1 saturated heterocycles. The van der Waals surface area contributed by atoms with E-state index in [0.717, 1.165) is 25.6 Å². The number of hydrogen-bond acceptors (Lipinski definition) is 2. The monoisotopic (exact) mass is 399 g/mol. The number of nitrogens with one attached hydrogen (secondary N) is 1. The van der Waals surface area contributed by atoms with E-state index in [-0.39, 0.29) is 28.7 Å². The summed E-state index contributed by atoms with van der Waals surface area (Å²) in [5.41, 5.74) is 0.465. The number of rotatable bonds is 4. The van der Waals surface area contributed by atoms with E-state index in [2.05, 4.69) is 49.2 Å². The van der Waals surface area contributed by atoms with Gasteiger partial charge in [0.1, 0.15) is 0 Å². The highest BCUT2D eigenvalue weighted by Gasteiger charge is 2.33. The largest absolute Gasteiger partial charge is 0.355 e. The highest BCUT2D eigenvalue weighted by atomic mass is 127. The first-order chi connectivity index (χ1) is 8.36. The van der Waals surface area contributed by atoms with Crippen LogP contribution in [0.15, 0.2) is 4.99 Å². The molecule has 19 heavy (non-hydrogen) atoms. The SMILES string of the molecule is CCC1(C)CCN(C(=NC)NCC(C)(C)SC)C1.I. The molecule has 1 fully saturated rings. The Labute approximate surface area is 140 Å². The molecule has 0 saturated carbocycles. The summed E-state index contributed by atoms with van der Waals surface area (Å²) >= 11 is 1.89. The molecule has 1 N–H and O–H groups in total. The molecule has 0 aromatic rings. The van der Waals surface area contributed by atoms with Gasteiger partial charge in [0.2, 0.25) is 0 Å². The Morgan fingerprint density at radius 2 is 2.11 bits per heavy atom. The lowest BCUT2D eigenvalue weighted by Crippen LogP contribution is -2.45. The van der Waals surface area contributed by atoms with Crippen molar-refractivity contribution in [1.82, 2.24) is 10.2 Å². The molecule has 1 atom stereocenters. The summed E-state index contributed by atoms with van der Waals surface area (Å²) in [7, 11) is 1.88. The van der Waals surface area contributed by atoms with E-state index in [1.54, 1.807) is 0 Å². The minimum absolute atomic E-state index is 0. The van der Waals surface area contributed by atoms with Crippen molar-refractivity contribution in [3.63, 3.8) is 0 Å². The van der Waals surface area contributed by atoms with Crippen LogP contribution in [0.3, 0.4) is 0 Å². The number of likely N-dealkylation sites (tertiary alicyclic amines) is 1. The topological polar surface area (TPSA) is 27.6 Å². The summed E-state index contributed by atoms with van der Waals surface area (Å²) in [6.45, 7) is 12.4. The molecule has 0 amide bonds. The van der Waals surface area contributed by atoms with Gasteiger partial charge < -0.3 is 10.2 Å². The van der Waals surface area contributed by atoms with Gasteiger partial charge in [-0.1, -0.05) is 13.8 Å². The molecule has 1 unspecified atom stereocenters. The third kappa shape index (κ3) is 5.69. The summed E-state index contributed by atoms with van der Waals surface area (Å²) in [6.07, 6.45) is 4.68. The lowest BCUT2D eigenvalue weighted by Gasteiger charge is -2.28. The van der Waals surface area contributed by atoms with Crippen molar-refractivity contribution in [1.29, 1.82) is 0 Å².